The van der Waals surface area contributed by atoms with Gasteiger partial charge in [0.1, 0.15) is 11.7 Å². The predicted molar refractivity (Wildman–Crippen MR) is 78.0 cm³/mol. The summed E-state index contributed by atoms with van der Waals surface area (Å²) in [6, 6.07) is 3.88. The highest BCUT2D eigenvalue weighted by atomic mass is 79.9. The second kappa shape index (κ2) is 5.78. The molecule has 7 heteroatoms. The zero-order chi connectivity index (χ0) is 14.9. The van der Waals surface area contributed by atoms with Crippen LogP contribution < -0.4 is 4.90 Å². The van der Waals surface area contributed by atoms with Crippen molar-refractivity contribution >= 4 is 33.3 Å². The molecule has 0 radical (unpaired) electrons. The first-order valence-electron chi connectivity index (χ1n) is 6.35. The summed E-state index contributed by atoms with van der Waals surface area (Å²) in [5.74, 6) is -0.980. The van der Waals surface area contributed by atoms with Gasteiger partial charge in [-0.3, -0.25) is 10.1 Å². The van der Waals surface area contributed by atoms with Crippen molar-refractivity contribution in [2.45, 2.75) is 25.8 Å². The van der Waals surface area contributed by atoms with E-state index in [4.69, 9.17) is 0 Å². The minimum absolute atomic E-state index is 0.0418. The van der Waals surface area contributed by atoms with Gasteiger partial charge in [0.05, 0.1) is 4.92 Å². The lowest BCUT2D eigenvalue weighted by atomic mass is 9.90. The minimum Gasteiger partial charge on any atom is -0.480 e. The van der Waals surface area contributed by atoms with Crippen LogP contribution >= 0.6 is 15.9 Å². The maximum Gasteiger partial charge on any atom is 0.326 e. The van der Waals surface area contributed by atoms with Gasteiger partial charge in [0.25, 0.3) is 5.69 Å². The van der Waals surface area contributed by atoms with Crippen LogP contribution in [0.25, 0.3) is 0 Å². The molecule has 108 valence electrons. The topological polar surface area (TPSA) is 83.7 Å². The van der Waals surface area contributed by atoms with Crippen molar-refractivity contribution in [3.63, 3.8) is 0 Å². The van der Waals surface area contributed by atoms with Gasteiger partial charge in [-0.05, 0) is 30.9 Å². The van der Waals surface area contributed by atoms with Gasteiger partial charge in [0.2, 0.25) is 0 Å². The first-order valence-corrected chi connectivity index (χ1v) is 7.14. The van der Waals surface area contributed by atoms with Crippen molar-refractivity contribution in [1.82, 2.24) is 0 Å². The molecule has 0 aliphatic carbocycles. The fourth-order valence-corrected chi connectivity index (χ4v) is 3.06. The second-order valence-electron chi connectivity index (χ2n) is 4.99. The summed E-state index contributed by atoms with van der Waals surface area (Å²) in [6.45, 7) is 2.38. The number of carboxylic acids is 1. The van der Waals surface area contributed by atoms with Crippen LogP contribution in [-0.4, -0.2) is 28.6 Å². The molecule has 1 aromatic carbocycles. The minimum atomic E-state index is -0.938. The highest BCUT2D eigenvalue weighted by Crippen LogP contribution is 2.36. The van der Waals surface area contributed by atoms with Gasteiger partial charge in [-0.1, -0.05) is 22.9 Å². The number of benzene rings is 1. The Hall–Kier alpha value is -1.63. The summed E-state index contributed by atoms with van der Waals surface area (Å²) < 4.78 is 0.695. The molecule has 1 heterocycles. The zero-order valence-electron chi connectivity index (χ0n) is 11.0. The maximum atomic E-state index is 11.5. The summed E-state index contributed by atoms with van der Waals surface area (Å²) in [5, 5.41) is 20.6. The molecule has 2 atom stereocenters. The van der Waals surface area contributed by atoms with Crippen LogP contribution in [0.15, 0.2) is 22.7 Å². The molecule has 2 rings (SSSR count). The smallest absolute Gasteiger partial charge is 0.326 e. The van der Waals surface area contributed by atoms with E-state index in [-0.39, 0.29) is 11.6 Å². The Kier molecular flexibility index (Phi) is 4.27. The molecule has 2 unspecified atom stereocenters. The molecule has 6 nitrogen and oxygen atoms in total. The van der Waals surface area contributed by atoms with Gasteiger partial charge in [0.15, 0.2) is 0 Å². The molecule has 1 saturated heterocycles. The largest absolute Gasteiger partial charge is 0.480 e. The summed E-state index contributed by atoms with van der Waals surface area (Å²) in [7, 11) is 0. The molecule has 0 bridgehead atoms. The van der Waals surface area contributed by atoms with Crippen molar-refractivity contribution < 1.29 is 14.8 Å². The number of nitrogens with zero attached hydrogens (tertiary/aromatic N) is 2. The fraction of sp³-hybridized carbons (Fsp3) is 0.462. The van der Waals surface area contributed by atoms with E-state index in [0.717, 1.165) is 12.8 Å². The number of carboxylic acid groups (broad SMARTS) is 1. The number of rotatable bonds is 3. The molecule has 0 saturated carbocycles. The molecule has 1 N–H and O–H groups in total. The fourth-order valence-electron chi connectivity index (χ4n) is 2.72. The number of hydrogen-bond donors (Lipinski definition) is 1. The number of nitro groups is 1. The Morgan fingerprint density at radius 1 is 1.55 bits per heavy atom. The van der Waals surface area contributed by atoms with Crippen LogP contribution in [0.5, 0.6) is 0 Å². The van der Waals surface area contributed by atoms with E-state index in [1.165, 1.54) is 6.07 Å². The van der Waals surface area contributed by atoms with Crippen LogP contribution in [-0.2, 0) is 4.79 Å². The van der Waals surface area contributed by atoms with Gasteiger partial charge >= 0.3 is 5.97 Å². The summed E-state index contributed by atoms with van der Waals surface area (Å²) in [5.41, 5.74) is 0.303. The van der Waals surface area contributed by atoms with E-state index in [1.54, 1.807) is 17.0 Å². The normalized spacial score (nSPS) is 22.6. The van der Waals surface area contributed by atoms with Crippen LogP contribution in [0.4, 0.5) is 11.4 Å². The van der Waals surface area contributed by atoms with E-state index in [2.05, 4.69) is 15.9 Å². The molecular weight excluding hydrogens is 328 g/mol. The van der Waals surface area contributed by atoms with Gasteiger partial charge in [-0.25, -0.2) is 4.79 Å². The molecule has 1 fully saturated rings. The van der Waals surface area contributed by atoms with Crippen LogP contribution in [0.1, 0.15) is 19.8 Å². The third-order valence-corrected chi connectivity index (χ3v) is 4.12. The van der Waals surface area contributed by atoms with Crippen LogP contribution in [0.3, 0.4) is 0 Å². The molecule has 0 amide bonds. The van der Waals surface area contributed by atoms with Gasteiger partial charge in [-0.15, -0.1) is 0 Å². The highest BCUT2D eigenvalue weighted by Gasteiger charge is 2.37. The quantitative estimate of drug-likeness (QED) is 0.674. The number of anilines is 1. The molecule has 0 aromatic heterocycles. The monoisotopic (exact) mass is 342 g/mol. The third kappa shape index (κ3) is 2.77. The average molecular weight is 343 g/mol. The lowest BCUT2D eigenvalue weighted by Gasteiger charge is -2.38. The second-order valence-corrected chi connectivity index (χ2v) is 5.90. The number of hydrogen-bond acceptors (Lipinski definition) is 4. The Morgan fingerprint density at radius 3 is 2.85 bits per heavy atom. The van der Waals surface area contributed by atoms with E-state index in [9.17, 15) is 20.0 Å². The number of aliphatic carboxylic acids is 1. The number of carbonyl (C=O) groups is 1. The molecule has 1 aliphatic rings. The first-order chi connectivity index (χ1) is 9.41. The van der Waals surface area contributed by atoms with E-state index >= 15 is 0 Å². The maximum absolute atomic E-state index is 11.5. The molecule has 1 aromatic rings. The summed E-state index contributed by atoms with van der Waals surface area (Å²) in [6.07, 6.45) is 1.64. The van der Waals surface area contributed by atoms with Gasteiger partial charge in [0, 0.05) is 17.1 Å². The standard InChI is InChI=1S/C13H15BrN2O4/c1-8-3-2-6-15(12(8)13(17)18)11-7-9(14)4-5-10(11)16(19)20/h4-5,7-8,12H,2-3,6H2,1H3,(H,17,18). The van der Waals surface area contributed by atoms with Crippen LogP contribution in [0, 0.1) is 16.0 Å². The van der Waals surface area contributed by atoms with Gasteiger partial charge in [-0.2, -0.15) is 0 Å². The number of piperidine rings is 1. The number of nitro benzene ring substituents is 1. The lowest BCUT2D eigenvalue weighted by Crippen LogP contribution is -2.49. The first kappa shape index (κ1) is 14.8. The van der Waals surface area contributed by atoms with E-state index in [1.807, 2.05) is 6.92 Å². The lowest BCUT2D eigenvalue weighted by molar-refractivity contribution is -0.384. The van der Waals surface area contributed by atoms with E-state index < -0.39 is 16.9 Å². The highest BCUT2D eigenvalue weighted by molar-refractivity contribution is 9.10. The van der Waals surface area contributed by atoms with Crippen molar-refractivity contribution in [2.75, 3.05) is 11.4 Å². The van der Waals surface area contributed by atoms with Crippen LogP contribution in [0.2, 0.25) is 0 Å². The van der Waals surface area contributed by atoms with Crippen molar-refractivity contribution in [3.05, 3.63) is 32.8 Å². The average Bonchev–Trinajstić information content (AvgIpc) is 2.37. The Labute approximate surface area is 124 Å². The summed E-state index contributed by atoms with van der Waals surface area (Å²) in [4.78, 5) is 23.8. The molecular formula is C13H15BrN2O4. The predicted octanol–water partition coefficient (Wildman–Crippen LogP) is 3.05. The third-order valence-electron chi connectivity index (χ3n) is 3.63. The van der Waals surface area contributed by atoms with E-state index in [0.29, 0.717) is 16.7 Å². The Bertz CT molecular complexity index is 549. The van der Waals surface area contributed by atoms with Crippen molar-refractivity contribution in [1.29, 1.82) is 0 Å². The summed E-state index contributed by atoms with van der Waals surface area (Å²) >= 11 is 3.29. The molecule has 20 heavy (non-hydrogen) atoms. The Balaban J connectivity index is 2.50. The molecule has 1 aliphatic heterocycles. The number of halogens is 1. The Morgan fingerprint density at radius 2 is 2.25 bits per heavy atom. The molecule has 0 spiro atoms. The van der Waals surface area contributed by atoms with Gasteiger partial charge < -0.3 is 10.0 Å². The van der Waals surface area contributed by atoms with Crippen molar-refractivity contribution in [2.24, 2.45) is 5.92 Å². The zero-order valence-corrected chi connectivity index (χ0v) is 12.5. The van der Waals surface area contributed by atoms with Crippen molar-refractivity contribution in [3.8, 4) is 0 Å². The SMILES string of the molecule is CC1CCCN(c2cc(Br)ccc2[N+](=O)[O-])C1C(=O)O.